The summed E-state index contributed by atoms with van der Waals surface area (Å²) in [6.07, 6.45) is 2.13. The summed E-state index contributed by atoms with van der Waals surface area (Å²) in [5.74, 6) is -1.17. The van der Waals surface area contributed by atoms with Gasteiger partial charge in [0.2, 0.25) is 5.91 Å². The standard InChI is InChI=1S/C16H21BrN2O3/c1-11(16(21)22)18(2)15(20)14(19-8-3-4-9-19)12-6-5-7-13(17)10-12/h5-7,10-11,14H,3-4,8-9H2,1-2H3,(H,21,22)/t11-,14-/m1/s1. The third-order valence-electron chi connectivity index (χ3n) is 4.19. The fraction of sp³-hybridized carbons (Fsp3) is 0.500. The first-order valence-corrected chi connectivity index (χ1v) is 8.20. The largest absolute Gasteiger partial charge is 0.480 e. The minimum Gasteiger partial charge on any atom is -0.480 e. The van der Waals surface area contributed by atoms with E-state index in [1.54, 1.807) is 7.05 Å². The van der Waals surface area contributed by atoms with Crippen LogP contribution in [0, 0.1) is 0 Å². The quantitative estimate of drug-likeness (QED) is 0.867. The smallest absolute Gasteiger partial charge is 0.326 e. The molecule has 22 heavy (non-hydrogen) atoms. The molecule has 2 rings (SSSR count). The number of likely N-dealkylation sites (N-methyl/N-ethyl adjacent to an activating group) is 1. The zero-order valence-corrected chi connectivity index (χ0v) is 14.4. The zero-order valence-electron chi connectivity index (χ0n) is 12.8. The number of amides is 1. The van der Waals surface area contributed by atoms with Crippen molar-refractivity contribution < 1.29 is 14.7 Å². The first-order chi connectivity index (χ1) is 10.4. The van der Waals surface area contributed by atoms with E-state index in [2.05, 4.69) is 20.8 Å². The van der Waals surface area contributed by atoms with E-state index in [0.29, 0.717) is 0 Å². The minimum atomic E-state index is -0.995. The number of nitrogens with zero attached hydrogens (tertiary/aromatic N) is 2. The molecular formula is C16H21BrN2O3. The average Bonchev–Trinajstić information content (AvgIpc) is 2.99. The maximum Gasteiger partial charge on any atom is 0.326 e. The van der Waals surface area contributed by atoms with Gasteiger partial charge in [-0.1, -0.05) is 28.1 Å². The molecule has 1 aromatic carbocycles. The molecule has 6 heteroatoms. The lowest BCUT2D eigenvalue weighted by Gasteiger charge is -2.32. The van der Waals surface area contributed by atoms with E-state index in [9.17, 15) is 9.59 Å². The van der Waals surface area contributed by atoms with Gasteiger partial charge < -0.3 is 10.0 Å². The summed E-state index contributed by atoms with van der Waals surface area (Å²) in [7, 11) is 1.56. The second kappa shape index (κ2) is 7.24. The van der Waals surface area contributed by atoms with E-state index >= 15 is 0 Å². The lowest BCUT2D eigenvalue weighted by atomic mass is 10.0. The van der Waals surface area contributed by atoms with Crippen molar-refractivity contribution in [1.82, 2.24) is 9.80 Å². The van der Waals surface area contributed by atoms with Crippen LogP contribution in [0.25, 0.3) is 0 Å². The summed E-state index contributed by atoms with van der Waals surface area (Å²) in [4.78, 5) is 27.5. The number of hydrogen-bond acceptors (Lipinski definition) is 3. The Morgan fingerprint density at radius 2 is 1.95 bits per heavy atom. The molecule has 1 amide bonds. The van der Waals surface area contributed by atoms with Crippen LogP contribution in [0.3, 0.4) is 0 Å². The highest BCUT2D eigenvalue weighted by molar-refractivity contribution is 9.10. The van der Waals surface area contributed by atoms with Crippen molar-refractivity contribution >= 4 is 27.8 Å². The first-order valence-electron chi connectivity index (χ1n) is 7.41. The molecule has 1 fully saturated rings. The Balaban J connectivity index is 2.32. The molecule has 0 unspecified atom stereocenters. The van der Waals surface area contributed by atoms with Crippen LogP contribution in [0.15, 0.2) is 28.7 Å². The summed E-state index contributed by atoms with van der Waals surface area (Å²) in [6, 6.07) is 6.40. The molecule has 2 atom stereocenters. The lowest BCUT2D eigenvalue weighted by molar-refractivity contribution is -0.150. The van der Waals surface area contributed by atoms with Gasteiger partial charge in [0, 0.05) is 11.5 Å². The number of carbonyl (C=O) groups excluding carboxylic acids is 1. The summed E-state index contributed by atoms with van der Waals surface area (Å²) < 4.78 is 0.913. The Hall–Kier alpha value is -1.40. The summed E-state index contributed by atoms with van der Waals surface area (Å²) in [5, 5.41) is 9.15. The molecule has 0 aromatic heterocycles. The molecule has 1 saturated heterocycles. The van der Waals surface area contributed by atoms with Crippen LogP contribution in [-0.4, -0.2) is 53.0 Å². The number of carbonyl (C=O) groups is 2. The Bertz CT molecular complexity index is 558. The topological polar surface area (TPSA) is 60.9 Å². The molecular weight excluding hydrogens is 348 g/mol. The van der Waals surface area contributed by atoms with Gasteiger partial charge in [-0.05, 0) is 50.6 Å². The van der Waals surface area contributed by atoms with Crippen LogP contribution in [0.5, 0.6) is 0 Å². The third-order valence-corrected chi connectivity index (χ3v) is 4.68. The number of hydrogen-bond donors (Lipinski definition) is 1. The fourth-order valence-electron chi connectivity index (χ4n) is 2.74. The van der Waals surface area contributed by atoms with Crippen molar-refractivity contribution in [2.75, 3.05) is 20.1 Å². The van der Waals surface area contributed by atoms with Gasteiger partial charge in [-0.2, -0.15) is 0 Å². The SMILES string of the molecule is C[C@H](C(=O)O)N(C)C(=O)[C@@H](c1cccc(Br)c1)N1CCCC1. The number of carboxylic acid groups (broad SMARTS) is 1. The van der Waals surface area contributed by atoms with Gasteiger partial charge in [0.1, 0.15) is 12.1 Å². The van der Waals surface area contributed by atoms with Crippen LogP contribution in [0.4, 0.5) is 0 Å². The van der Waals surface area contributed by atoms with Gasteiger partial charge in [-0.25, -0.2) is 4.79 Å². The first kappa shape index (κ1) is 17.0. The zero-order chi connectivity index (χ0) is 16.3. The Labute approximate surface area is 139 Å². The van der Waals surface area contributed by atoms with E-state index in [1.165, 1.54) is 11.8 Å². The molecule has 1 heterocycles. The van der Waals surface area contributed by atoms with Gasteiger partial charge in [-0.15, -0.1) is 0 Å². The van der Waals surface area contributed by atoms with Gasteiger partial charge in [0.15, 0.2) is 0 Å². The van der Waals surface area contributed by atoms with Gasteiger partial charge >= 0.3 is 5.97 Å². The van der Waals surface area contributed by atoms with Crippen molar-refractivity contribution in [3.8, 4) is 0 Å². The number of carboxylic acids is 1. The van der Waals surface area contributed by atoms with Crippen molar-refractivity contribution in [3.05, 3.63) is 34.3 Å². The highest BCUT2D eigenvalue weighted by Crippen LogP contribution is 2.29. The van der Waals surface area contributed by atoms with E-state index in [0.717, 1.165) is 36.0 Å². The third kappa shape index (κ3) is 3.67. The number of likely N-dealkylation sites (tertiary alicyclic amines) is 1. The summed E-state index contributed by atoms with van der Waals surface area (Å²) in [5.41, 5.74) is 0.894. The summed E-state index contributed by atoms with van der Waals surface area (Å²) in [6.45, 7) is 3.25. The number of aliphatic carboxylic acids is 1. The lowest BCUT2D eigenvalue weighted by Crippen LogP contribution is -2.46. The van der Waals surface area contributed by atoms with Gasteiger partial charge in [-0.3, -0.25) is 9.69 Å². The second-order valence-electron chi connectivity index (χ2n) is 5.66. The highest BCUT2D eigenvalue weighted by atomic mass is 79.9. The van der Waals surface area contributed by atoms with Crippen LogP contribution in [-0.2, 0) is 9.59 Å². The normalized spacial score (nSPS) is 18.0. The molecule has 0 aliphatic carbocycles. The van der Waals surface area contributed by atoms with Crippen molar-refractivity contribution in [2.45, 2.75) is 31.8 Å². The van der Waals surface area contributed by atoms with Crippen LogP contribution < -0.4 is 0 Å². The van der Waals surface area contributed by atoms with Crippen LogP contribution in [0.2, 0.25) is 0 Å². The maximum absolute atomic E-state index is 12.9. The second-order valence-corrected chi connectivity index (χ2v) is 6.58. The molecule has 120 valence electrons. The molecule has 1 N–H and O–H groups in total. The molecule has 1 aliphatic heterocycles. The van der Waals surface area contributed by atoms with Crippen LogP contribution >= 0.6 is 15.9 Å². The molecule has 0 spiro atoms. The molecule has 0 radical (unpaired) electrons. The number of halogens is 1. The molecule has 0 saturated carbocycles. The van der Waals surface area contributed by atoms with Crippen molar-refractivity contribution in [1.29, 1.82) is 0 Å². The highest BCUT2D eigenvalue weighted by Gasteiger charge is 2.34. The van der Waals surface area contributed by atoms with E-state index < -0.39 is 18.1 Å². The predicted octanol–water partition coefficient (Wildman–Crippen LogP) is 2.52. The van der Waals surface area contributed by atoms with Crippen molar-refractivity contribution in [3.63, 3.8) is 0 Å². The number of rotatable bonds is 5. The average molecular weight is 369 g/mol. The molecule has 1 aromatic rings. The van der Waals surface area contributed by atoms with E-state index in [4.69, 9.17) is 5.11 Å². The number of benzene rings is 1. The maximum atomic E-state index is 12.9. The van der Waals surface area contributed by atoms with Crippen molar-refractivity contribution in [2.24, 2.45) is 0 Å². The molecule has 0 bridgehead atoms. The minimum absolute atomic E-state index is 0.171. The van der Waals surface area contributed by atoms with E-state index in [1.807, 2.05) is 24.3 Å². The summed E-state index contributed by atoms with van der Waals surface area (Å²) >= 11 is 3.44. The van der Waals surface area contributed by atoms with E-state index in [-0.39, 0.29) is 5.91 Å². The van der Waals surface area contributed by atoms with Gasteiger partial charge in [0.05, 0.1) is 0 Å². The van der Waals surface area contributed by atoms with Crippen LogP contribution in [0.1, 0.15) is 31.4 Å². The molecule has 5 nitrogen and oxygen atoms in total. The van der Waals surface area contributed by atoms with Gasteiger partial charge in [0.25, 0.3) is 0 Å². The molecule has 1 aliphatic rings. The Kier molecular flexibility index (Phi) is 5.58. The Morgan fingerprint density at radius 3 is 2.50 bits per heavy atom. The fourth-order valence-corrected chi connectivity index (χ4v) is 3.15. The predicted molar refractivity (Wildman–Crippen MR) is 87.6 cm³/mol. The Morgan fingerprint density at radius 1 is 1.32 bits per heavy atom. The monoisotopic (exact) mass is 368 g/mol.